The van der Waals surface area contributed by atoms with Crippen LogP contribution < -0.4 is 0 Å². The van der Waals surface area contributed by atoms with Crippen molar-refractivity contribution in [3.63, 3.8) is 0 Å². The van der Waals surface area contributed by atoms with Gasteiger partial charge in [0, 0.05) is 12.2 Å². The molecule has 82 valence electrons. The van der Waals surface area contributed by atoms with Crippen LogP contribution >= 0.6 is 0 Å². The van der Waals surface area contributed by atoms with Crippen LogP contribution in [-0.2, 0) is 19.4 Å². The lowest BCUT2D eigenvalue weighted by Gasteiger charge is -2.17. The smallest absolute Gasteiger partial charge is 0.166 e. The van der Waals surface area contributed by atoms with Gasteiger partial charge in [-0.25, -0.2) is 0 Å². The molecule has 0 fully saturated rings. The minimum absolute atomic E-state index is 0.599. The molecule has 0 atom stereocenters. The molecule has 0 unspecified atom stereocenters. The molecular weight excluding hydrogens is 186 g/mol. The van der Waals surface area contributed by atoms with Gasteiger partial charge < -0.3 is 4.57 Å². The summed E-state index contributed by atoms with van der Waals surface area (Å²) in [6.45, 7) is 5.37. The van der Waals surface area contributed by atoms with Gasteiger partial charge in [0.25, 0.3) is 0 Å². The Balaban J connectivity index is 2.39. The van der Waals surface area contributed by atoms with Crippen molar-refractivity contribution in [1.82, 2.24) is 4.57 Å². The number of carbonyl (C=O) groups excluding carboxylic acids is 1. The molecule has 1 heterocycles. The Morgan fingerprint density at radius 1 is 1.40 bits per heavy atom. The maximum atomic E-state index is 11.0. The number of carbonyl (C=O) groups is 1. The van der Waals surface area contributed by atoms with Crippen LogP contribution in [0.15, 0.2) is 6.07 Å². The summed E-state index contributed by atoms with van der Waals surface area (Å²) in [7, 11) is 0. The third-order valence-electron chi connectivity index (χ3n) is 3.11. The van der Waals surface area contributed by atoms with Gasteiger partial charge in [-0.2, -0.15) is 0 Å². The highest BCUT2D eigenvalue weighted by atomic mass is 16.1. The number of hydrogen-bond donors (Lipinski definition) is 0. The fraction of sp³-hybridized carbons (Fsp3) is 0.615. The number of fused-ring (bicyclic) bond motifs is 1. The molecule has 0 amide bonds. The van der Waals surface area contributed by atoms with E-state index in [0.717, 1.165) is 31.4 Å². The predicted molar refractivity (Wildman–Crippen MR) is 61.3 cm³/mol. The average Bonchev–Trinajstić information content (AvgIpc) is 2.56. The van der Waals surface area contributed by atoms with Crippen LogP contribution in [0.2, 0.25) is 0 Å². The zero-order valence-corrected chi connectivity index (χ0v) is 9.62. The molecule has 0 aromatic carbocycles. The van der Waals surface area contributed by atoms with Gasteiger partial charge in [-0.3, -0.25) is 4.79 Å². The van der Waals surface area contributed by atoms with Crippen LogP contribution in [0, 0.1) is 5.92 Å². The number of nitrogens with zero attached hydrogens (tertiary/aromatic N) is 1. The molecule has 2 rings (SSSR count). The fourth-order valence-electron chi connectivity index (χ4n) is 2.47. The minimum Gasteiger partial charge on any atom is -0.342 e. The summed E-state index contributed by atoms with van der Waals surface area (Å²) < 4.78 is 2.23. The van der Waals surface area contributed by atoms with E-state index in [9.17, 15) is 4.79 Å². The molecule has 15 heavy (non-hydrogen) atoms. The molecule has 1 aliphatic carbocycles. The molecule has 0 saturated carbocycles. The predicted octanol–water partition coefficient (Wildman–Crippen LogP) is 2.84. The summed E-state index contributed by atoms with van der Waals surface area (Å²) >= 11 is 0. The number of rotatable bonds is 3. The lowest BCUT2D eigenvalue weighted by atomic mass is 9.98. The average molecular weight is 205 g/mol. The van der Waals surface area contributed by atoms with Crippen LogP contribution in [0.25, 0.3) is 0 Å². The molecule has 0 bridgehead atoms. The normalized spacial score (nSPS) is 15.4. The Morgan fingerprint density at radius 2 is 2.13 bits per heavy atom. The van der Waals surface area contributed by atoms with E-state index in [1.165, 1.54) is 24.1 Å². The molecule has 0 radical (unpaired) electrons. The largest absolute Gasteiger partial charge is 0.342 e. The second kappa shape index (κ2) is 4.21. The third-order valence-corrected chi connectivity index (χ3v) is 3.11. The molecule has 1 aliphatic rings. The molecule has 2 nitrogen and oxygen atoms in total. The van der Waals surface area contributed by atoms with E-state index < -0.39 is 0 Å². The summed E-state index contributed by atoms with van der Waals surface area (Å²) in [6, 6.07) is 2.09. The Morgan fingerprint density at radius 3 is 2.80 bits per heavy atom. The van der Waals surface area contributed by atoms with Crippen molar-refractivity contribution in [3.05, 3.63) is 23.0 Å². The van der Waals surface area contributed by atoms with Crippen LogP contribution in [-0.4, -0.2) is 10.9 Å². The number of aldehydes is 1. The van der Waals surface area contributed by atoms with Crippen molar-refractivity contribution in [2.75, 3.05) is 0 Å². The summed E-state index contributed by atoms with van der Waals surface area (Å²) in [6.07, 6.45) is 5.85. The zero-order chi connectivity index (χ0) is 10.8. The topological polar surface area (TPSA) is 22.0 Å². The number of aromatic nitrogens is 1. The van der Waals surface area contributed by atoms with E-state index in [4.69, 9.17) is 0 Å². The van der Waals surface area contributed by atoms with Crippen molar-refractivity contribution in [1.29, 1.82) is 0 Å². The Kier molecular flexibility index (Phi) is 2.94. The Bertz CT molecular complexity index is 363. The molecule has 2 heteroatoms. The molecule has 0 aliphatic heterocycles. The molecule has 0 N–H and O–H groups in total. The molecule has 1 aromatic rings. The van der Waals surface area contributed by atoms with E-state index in [0.29, 0.717) is 5.92 Å². The van der Waals surface area contributed by atoms with E-state index >= 15 is 0 Å². The monoisotopic (exact) mass is 205 g/mol. The number of hydrogen-bond acceptors (Lipinski definition) is 1. The SMILES string of the molecule is CC(C)Cn1c(C=O)cc2c1CCCC2. The van der Waals surface area contributed by atoms with E-state index in [1.54, 1.807) is 0 Å². The van der Waals surface area contributed by atoms with E-state index in [-0.39, 0.29) is 0 Å². The van der Waals surface area contributed by atoms with Gasteiger partial charge in [-0.15, -0.1) is 0 Å². The van der Waals surface area contributed by atoms with E-state index in [1.807, 2.05) is 0 Å². The maximum Gasteiger partial charge on any atom is 0.166 e. The van der Waals surface area contributed by atoms with Crippen molar-refractivity contribution in [2.45, 2.75) is 46.1 Å². The highest BCUT2D eigenvalue weighted by Crippen LogP contribution is 2.25. The van der Waals surface area contributed by atoms with Crippen LogP contribution in [0.5, 0.6) is 0 Å². The van der Waals surface area contributed by atoms with Gasteiger partial charge in [0.15, 0.2) is 6.29 Å². The van der Waals surface area contributed by atoms with Crippen molar-refractivity contribution >= 4 is 6.29 Å². The fourth-order valence-corrected chi connectivity index (χ4v) is 2.47. The second-order valence-electron chi connectivity index (χ2n) is 4.87. The maximum absolute atomic E-state index is 11.0. The summed E-state index contributed by atoms with van der Waals surface area (Å²) in [5, 5.41) is 0. The first-order valence-corrected chi connectivity index (χ1v) is 5.89. The highest BCUT2D eigenvalue weighted by molar-refractivity contribution is 5.73. The second-order valence-corrected chi connectivity index (χ2v) is 4.87. The van der Waals surface area contributed by atoms with Crippen molar-refractivity contribution in [2.24, 2.45) is 5.92 Å². The molecular formula is C13H19NO. The van der Waals surface area contributed by atoms with Gasteiger partial charge in [-0.1, -0.05) is 13.8 Å². The first-order valence-electron chi connectivity index (χ1n) is 5.89. The summed E-state index contributed by atoms with van der Waals surface area (Å²) in [5.74, 6) is 0.599. The molecule has 0 spiro atoms. The van der Waals surface area contributed by atoms with Crippen LogP contribution in [0.4, 0.5) is 0 Å². The first-order chi connectivity index (χ1) is 7.22. The van der Waals surface area contributed by atoms with Crippen molar-refractivity contribution < 1.29 is 4.79 Å². The Labute approximate surface area is 91.3 Å². The minimum atomic E-state index is 0.599. The summed E-state index contributed by atoms with van der Waals surface area (Å²) in [5.41, 5.74) is 3.69. The third kappa shape index (κ3) is 1.99. The summed E-state index contributed by atoms with van der Waals surface area (Å²) in [4.78, 5) is 11.0. The van der Waals surface area contributed by atoms with Gasteiger partial charge in [0.1, 0.15) is 0 Å². The molecule has 1 aromatic heterocycles. The van der Waals surface area contributed by atoms with Gasteiger partial charge in [0.05, 0.1) is 5.69 Å². The van der Waals surface area contributed by atoms with Gasteiger partial charge >= 0.3 is 0 Å². The van der Waals surface area contributed by atoms with E-state index in [2.05, 4.69) is 24.5 Å². The Hall–Kier alpha value is -1.05. The lowest BCUT2D eigenvalue weighted by Crippen LogP contribution is -2.13. The zero-order valence-electron chi connectivity index (χ0n) is 9.62. The van der Waals surface area contributed by atoms with Crippen LogP contribution in [0.1, 0.15) is 48.4 Å². The number of aryl methyl sites for hydroxylation is 1. The quantitative estimate of drug-likeness (QED) is 0.695. The van der Waals surface area contributed by atoms with Crippen molar-refractivity contribution in [3.8, 4) is 0 Å². The highest BCUT2D eigenvalue weighted by Gasteiger charge is 2.17. The lowest BCUT2D eigenvalue weighted by molar-refractivity contribution is 0.111. The molecule has 0 saturated heterocycles. The van der Waals surface area contributed by atoms with Gasteiger partial charge in [-0.05, 0) is 43.2 Å². The van der Waals surface area contributed by atoms with Gasteiger partial charge in [0.2, 0.25) is 0 Å². The first kappa shape index (κ1) is 10.5. The standard InChI is InChI=1S/C13H19NO/c1-10(2)8-14-12(9-15)7-11-5-3-4-6-13(11)14/h7,9-10H,3-6,8H2,1-2H3. The van der Waals surface area contributed by atoms with Crippen LogP contribution in [0.3, 0.4) is 0 Å².